The van der Waals surface area contributed by atoms with Crippen LogP contribution in [0.4, 0.5) is 0 Å². The first-order valence-corrected chi connectivity index (χ1v) is 6.26. The van der Waals surface area contributed by atoms with E-state index >= 15 is 0 Å². The third kappa shape index (κ3) is 4.03. The Labute approximate surface area is 114 Å². The van der Waals surface area contributed by atoms with Gasteiger partial charge in [-0.1, -0.05) is 27.2 Å². The highest BCUT2D eigenvalue weighted by atomic mass is 79.9. The number of nitrogens with zero attached hydrogens (tertiary/aromatic N) is 1. The molecular formula is C12H16BrN3O2. The van der Waals surface area contributed by atoms with Crippen LogP contribution in [0.15, 0.2) is 27.8 Å². The molecule has 0 aliphatic rings. The molecule has 0 aliphatic carbocycles. The Morgan fingerprint density at radius 2 is 2.28 bits per heavy atom. The normalized spacial score (nSPS) is 13.2. The van der Waals surface area contributed by atoms with Crippen LogP contribution in [0.5, 0.6) is 0 Å². The molecule has 5 nitrogen and oxygen atoms in total. The number of nitrogens with one attached hydrogen (secondary N) is 1. The Balaban J connectivity index is 2.73. The third-order valence-electron chi connectivity index (χ3n) is 2.47. The summed E-state index contributed by atoms with van der Waals surface area (Å²) >= 11 is 3.33. The van der Waals surface area contributed by atoms with Crippen molar-refractivity contribution in [1.29, 1.82) is 0 Å². The molecule has 1 atom stereocenters. The van der Waals surface area contributed by atoms with Gasteiger partial charge in [0, 0.05) is 22.5 Å². The molecule has 1 aromatic rings. The first-order chi connectivity index (χ1) is 8.43. The Morgan fingerprint density at radius 1 is 1.61 bits per heavy atom. The molecule has 0 aromatic heterocycles. The second-order valence-electron chi connectivity index (χ2n) is 4.13. The number of carbonyl (C=O) groups excluding carboxylic acids is 1. The molecular weight excluding hydrogens is 298 g/mol. The highest BCUT2D eigenvalue weighted by Gasteiger charge is 2.13. The summed E-state index contributed by atoms with van der Waals surface area (Å²) in [5.41, 5.74) is 6.89. The van der Waals surface area contributed by atoms with Gasteiger partial charge in [0.05, 0.1) is 0 Å². The molecule has 6 heteroatoms. The molecule has 4 N–H and O–H groups in total. The summed E-state index contributed by atoms with van der Waals surface area (Å²) in [4.78, 5) is 12.0. The number of oxime groups is 1. The maximum atomic E-state index is 12.0. The van der Waals surface area contributed by atoms with Crippen LogP contribution in [0, 0.1) is 6.92 Å². The molecule has 0 radical (unpaired) electrons. The smallest absolute Gasteiger partial charge is 0.251 e. The van der Waals surface area contributed by atoms with Gasteiger partial charge in [0.2, 0.25) is 0 Å². The topological polar surface area (TPSA) is 87.7 Å². The van der Waals surface area contributed by atoms with E-state index < -0.39 is 0 Å². The van der Waals surface area contributed by atoms with Crippen LogP contribution in [0.1, 0.15) is 29.3 Å². The zero-order valence-corrected chi connectivity index (χ0v) is 11.9. The zero-order chi connectivity index (χ0) is 13.7. The largest absolute Gasteiger partial charge is 0.409 e. The van der Waals surface area contributed by atoms with Gasteiger partial charge in [-0.15, -0.1) is 0 Å². The van der Waals surface area contributed by atoms with Crippen molar-refractivity contribution in [1.82, 2.24) is 5.32 Å². The van der Waals surface area contributed by atoms with E-state index in [1.165, 1.54) is 0 Å². The van der Waals surface area contributed by atoms with Crippen LogP contribution in [0.2, 0.25) is 0 Å². The van der Waals surface area contributed by atoms with Gasteiger partial charge in [-0.25, -0.2) is 0 Å². The average Bonchev–Trinajstić information content (AvgIpc) is 2.31. The second kappa shape index (κ2) is 6.39. The second-order valence-corrected chi connectivity index (χ2v) is 5.04. The van der Waals surface area contributed by atoms with Crippen molar-refractivity contribution in [3.63, 3.8) is 0 Å². The van der Waals surface area contributed by atoms with E-state index in [4.69, 9.17) is 10.9 Å². The minimum absolute atomic E-state index is 0.0914. The van der Waals surface area contributed by atoms with Gasteiger partial charge < -0.3 is 16.3 Å². The lowest BCUT2D eigenvalue weighted by atomic mass is 10.1. The maximum Gasteiger partial charge on any atom is 0.251 e. The van der Waals surface area contributed by atoms with E-state index in [1.807, 2.05) is 19.1 Å². The van der Waals surface area contributed by atoms with Crippen molar-refractivity contribution in [2.24, 2.45) is 10.9 Å². The lowest BCUT2D eigenvalue weighted by Gasteiger charge is -2.14. The Kier molecular flexibility index (Phi) is 5.15. The van der Waals surface area contributed by atoms with Crippen molar-refractivity contribution < 1.29 is 10.0 Å². The highest BCUT2D eigenvalue weighted by molar-refractivity contribution is 9.10. The summed E-state index contributed by atoms with van der Waals surface area (Å²) in [6.07, 6.45) is 0.301. The number of amidine groups is 1. The van der Waals surface area contributed by atoms with Crippen molar-refractivity contribution in [3.05, 3.63) is 33.8 Å². The van der Waals surface area contributed by atoms with Gasteiger partial charge in [-0.2, -0.15) is 0 Å². The van der Waals surface area contributed by atoms with Crippen molar-refractivity contribution in [2.75, 3.05) is 0 Å². The standard InChI is InChI=1S/C12H16BrN3O2/c1-7-3-4-9(13)6-10(7)12(17)15-8(2)5-11(14)16-18/h3-4,6,8,18H,5H2,1-2H3,(H2,14,16)(H,15,17). The molecule has 0 aliphatic heterocycles. The van der Waals surface area contributed by atoms with Gasteiger partial charge in [0.1, 0.15) is 5.84 Å². The van der Waals surface area contributed by atoms with Gasteiger partial charge in [0.25, 0.3) is 5.91 Å². The lowest BCUT2D eigenvalue weighted by molar-refractivity contribution is 0.0940. The predicted octanol–water partition coefficient (Wildman–Crippen LogP) is 2.01. The number of aryl methyl sites for hydroxylation is 1. The number of benzene rings is 1. The van der Waals surface area contributed by atoms with Gasteiger partial charge >= 0.3 is 0 Å². The monoisotopic (exact) mass is 313 g/mol. The van der Waals surface area contributed by atoms with Crippen LogP contribution in [-0.2, 0) is 0 Å². The van der Waals surface area contributed by atoms with Crippen molar-refractivity contribution >= 4 is 27.7 Å². The predicted molar refractivity (Wildman–Crippen MR) is 73.8 cm³/mol. The molecule has 98 valence electrons. The minimum atomic E-state index is -0.202. The van der Waals surface area contributed by atoms with Gasteiger partial charge in [0.15, 0.2) is 0 Å². The van der Waals surface area contributed by atoms with E-state index in [0.717, 1.165) is 10.0 Å². The van der Waals surface area contributed by atoms with Crippen molar-refractivity contribution in [2.45, 2.75) is 26.3 Å². The van der Waals surface area contributed by atoms with Crippen LogP contribution in [0.25, 0.3) is 0 Å². The van der Waals surface area contributed by atoms with E-state index in [2.05, 4.69) is 26.4 Å². The first kappa shape index (κ1) is 14.5. The first-order valence-electron chi connectivity index (χ1n) is 5.47. The third-order valence-corrected chi connectivity index (χ3v) is 2.96. The summed E-state index contributed by atoms with van der Waals surface area (Å²) in [5.74, 6) is -0.0826. The number of halogens is 1. The fourth-order valence-corrected chi connectivity index (χ4v) is 1.91. The van der Waals surface area contributed by atoms with Crippen molar-refractivity contribution in [3.8, 4) is 0 Å². The SMILES string of the molecule is Cc1ccc(Br)cc1C(=O)NC(C)CC(N)=NO. The Bertz CT molecular complexity index is 474. The molecule has 0 fully saturated rings. The number of hydrogen-bond donors (Lipinski definition) is 3. The summed E-state index contributed by atoms with van der Waals surface area (Å²) < 4.78 is 0.849. The Hall–Kier alpha value is -1.56. The highest BCUT2D eigenvalue weighted by Crippen LogP contribution is 2.16. The lowest BCUT2D eigenvalue weighted by Crippen LogP contribution is -2.36. The molecule has 0 saturated carbocycles. The molecule has 1 rings (SSSR count). The Morgan fingerprint density at radius 3 is 2.89 bits per heavy atom. The maximum absolute atomic E-state index is 12.0. The molecule has 0 bridgehead atoms. The molecule has 0 heterocycles. The van der Waals surface area contributed by atoms with E-state index in [-0.39, 0.29) is 17.8 Å². The number of nitrogens with two attached hydrogens (primary N) is 1. The summed E-state index contributed by atoms with van der Waals surface area (Å²) in [6, 6.07) is 5.31. The van der Waals surface area contributed by atoms with Crippen LogP contribution < -0.4 is 11.1 Å². The number of amides is 1. The van der Waals surface area contributed by atoms with E-state index in [9.17, 15) is 4.79 Å². The number of carbonyl (C=O) groups is 1. The minimum Gasteiger partial charge on any atom is -0.409 e. The molecule has 1 amide bonds. The zero-order valence-electron chi connectivity index (χ0n) is 10.3. The molecule has 0 spiro atoms. The average molecular weight is 314 g/mol. The summed E-state index contributed by atoms with van der Waals surface area (Å²) in [5, 5.41) is 14.1. The summed E-state index contributed by atoms with van der Waals surface area (Å²) in [7, 11) is 0. The van der Waals surface area contributed by atoms with Gasteiger partial charge in [-0.05, 0) is 31.5 Å². The number of hydrogen-bond acceptors (Lipinski definition) is 3. The molecule has 18 heavy (non-hydrogen) atoms. The fraction of sp³-hybridized carbons (Fsp3) is 0.333. The van der Waals surface area contributed by atoms with Crippen LogP contribution in [-0.4, -0.2) is 23.0 Å². The quantitative estimate of drug-likeness (QED) is 0.344. The van der Waals surface area contributed by atoms with E-state index in [1.54, 1.807) is 13.0 Å². The van der Waals surface area contributed by atoms with E-state index in [0.29, 0.717) is 12.0 Å². The molecule has 1 unspecified atom stereocenters. The molecule has 1 aromatic carbocycles. The van der Waals surface area contributed by atoms with Crippen LogP contribution >= 0.6 is 15.9 Å². The van der Waals surface area contributed by atoms with Crippen LogP contribution in [0.3, 0.4) is 0 Å². The fourth-order valence-electron chi connectivity index (χ4n) is 1.55. The van der Waals surface area contributed by atoms with Gasteiger partial charge in [-0.3, -0.25) is 4.79 Å². The number of rotatable bonds is 4. The molecule has 0 saturated heterocycles. The summed E-state index contributed by atoms with van der Waals surface area (Å²) in [6.45, 7) is 3.67.